The molecule has 0 bridgehead atoms. The molecule has 114 valence electrons. The molecule has 7 heteroatoms. The van der Waals surface area contributed by atoms with Gasteiger partial charge < -0.3 is 0 Å². The Bertz CT molecular complexity index is 743. The maximum atomic E-state index is 12.5. The number of benzene rings is 1. The van der Waals surface area contributed by atoms with Gasteiger partial charge in [0.1, 0.15) is 0 Å². The summed E-state index contributed by atoms with van der Waals surface area (Å²) >= 11 is 10.7. The van der Waals surface area contributed by atoms with Crippen molar-refractivity contribution in [1.29, 1.82) is 0 Å². The van der Waals surface area contributed by atoms with Gasteiger partial charge in [0.05, 0.1) is 8.68 Å². The Morgan fingerprint density at radius 3 is 2.62 bits per heavy atom. The molecule has 1 N–H and O–H groups in total. The van der Waals surface area contributed by atoms with E-state index in [4.69, 9.17) is 11.6 Å². The van der Waals surface area contributed by atoms with E-state index in [0.717, 1.165) is 14.2 Å². The Morgan fingerprint density at radius 2 is 2.10 bits per heavy atom. The molecule has 2 aromatic rings. The highest BCUT2D eigenvalue weighted by atomic mass is 79.9. The van der Waals surface area contributed by atoms with Crippen LogP contribution in [-0.2, 0) is 10.0 Å². The molecule has 0 fully saturated rings. The highest BCUT2D eigenvalue weighted by molar-refractivity contribution is 9.11. The molecule has 1 aromatic carbocycles. The van der Waals surface area contributed by atoms with Crippen molar-refractivity contribution < 1.29 is 8.42 Å². The van der Waals surface area contributed by atoms with Crippen LogP contribution in [0.4, 0.5) is 0 Å². The van der Waals surface area contributed by atoms with Gasteiger partial charge in [-0.1, -0.05) is 30.7 Å². The van der Waals surface area contributed by atoms with Gasteiger partial charge in [0, 0.05) is 15.9 Å². The molecule has 1 unspecified atom stereocenters. The Morgan fingerprint density at radius 1 is 1.38 bits per heavy atom. The van der Waals surface area contributed by atoms with E-state index < -0.39 is 10.0 Å². The Kier molecular flexibility index (Phi) is 5.48. The predicted octanol–water partition coefficient (Wildman–Crippen LogP) is 4.90. The highest BCUT2D eigenvalue weighted by Crippen LogP contribution is 2.31. The largest absolute Gasteiger partial charge is 0.242 e. The van der Waals surface area contributed by atoms with Crippen LogP contribution < -0.4 is 4.72 Å². The van der Waals surface area contributed by atoms with Gasteiger partial charge >= 0.3 is 0 Å². The van der Waals surface area contributed by atoms with Crippen LogP contribution in [0, 0.1) is 6.92 Å². The molecular weight excluding hydrogens is 394 g/mol. The summed E-state index contributed by atoms with van der Waals surface area (Å²) in [6.45, 7) is 3.73. The summed E-state index contributed by atoms with van der Waals surface area (Å²) in [5.74, 6) is 0. The van der Waals surface area contributed by atoms with Gasteiger partial charge in [-0.25, -0.2) is 13.1 Å². The molecule has 0 aliphatic carbocycles. The van der Waals surface area contributed by atoms with Crippen LogP contribution in [0.1, 0.15) is 29.8 Å². The average molecular weight is 409 g/mol. The molecule has 1 atom stereocenters. The first-order valence-electron chi connectivity index (χ1n) is 6.37. The molecule has 0 saturated heterocycles. The van der Waals surface area contributed by atoms with Crippen LogP contribution in [0.2, 0.25) is 5.02 Å². The lowest BCUT2D eigenvalue weighted by molar-refractivity contribution is 0.550. The van der Waals surface area contributed by atoms with Crippen molar-refractivity contribution in [2.75, 3.05) is 0 Å². The van der Waals surface area contributed by atoms with E-state index >= 15 is 0 Å². The summed E-state index contributed by atoms with van der Waals surface area (Å²) < 4.78 is 28.6. The zero-order valence-electron chi connectivity index (χ0n) is 11.6. The number of halogens is 2. The molecule has 0 radical (unpaired) electrons. The lowest BCUT2D eigenvalue weighted by Gasteiger charge is -2.17. The van der Waals surface area contributed by atoms with E-state index in [1.54, 1.807) is 25.1 Å². The quantitative estimate of drug-likeness (QED) is 0.764. The molecule has 21 heavy (non-hydrogen) atoms. The third-order valence-corrected chi connectivity index (χ3v) is 6.60. The normalized spacial score (nSPS) is 13.3. The predicted molar refractivity (Wildman–Crippen MR) is 91.6 cm³/mol. The topological polar surface area (TPSA) is 46.2 Å². The minimum absolute atomic E-state index is 0.299. The minimum Gasteiger partial charge on any atom is -0.207 e. The Hall–Kier alpha value is -0.400. The van der Waals surface area contributed by atoms with Gasteiger partial charge in [-0.3, -0.25) is 0 Å². The molecule has 0 aliphatic rings. The van der Waals surface area contributed by atoms with Crippen molar-refractivity contribution in [2.24, 2.45) is 0 Å². The number of hydrogen-bond donors (Lipinski definition) is 1. The zero-order valence-corrected chi connectivity index (χ0v) is 15.5. The van der Waals surface area contributed by atoms with Gasteiger partial charge in [0.15, 0.2) is 0 Å². The summed E-state index contributed by atoms with van der Waals surface area (Å²) in [5.41, 5.74) is 0.862. The molecule has 3 nitrogen and oxygen atoms in total. The molecule has 0 amide bonds. The van der Waals surface area contributed by atoms with E-state index in [-0.39, 0.29) is 6.04 Å². The van der Waals surface area contributed by atoms with Gasteiger partial charge in [0.2, 0.25) is 10.0 Å². The van der Waals surface area contributed by atoms with E-state index in [9.17, 15) is 8.42 Å². The number of sulfonamides is 1. The van der Waals surface area contributed by atoms with Gasteiger partial charge in [-0.05, 0) is 53.0 Å². The maximum Gasteiger partial charge on any atom is 0.242 e. The molecule has 2 rings (SSSR count). The average Bonchev–Trinajstić information content (AvgIpc) is 2.76. The van der Waals surface area contributed by atoms with Crippen LogP contribution in [0.5, 0.6) is 0 Å². The van der Waals surface area contributed by atoms with E-state index in [1.165, 1.54) is 11.3 Å². The smallest absolute Gasteiger partial charge is 0.207 e. The van der Waals surface area contributed by atoms with Crippen LogP contribution in [0.3, 0.4) is 0 Å². The van der Waals surface area contributed by atoms with Gasteiger partial charge in [-0.2, -0.15) is 0 Å². The summed E-state index contributed by atoms with van der Waals surface area (Å²) in [5, 5.41) is 0.597. The summed E-state index contributed by atoms with van der Waals surface area (Å²) in [6, 6.07) is 8.58. The third-order valence-electron chi connectivity index (χ3n) is 3.09. The Labute approximate surface area is 142 Å². The van der Waals surface area contributed by atoms with Crippen molar-refractivity contribution in [2.45, 2.75) is 31.2 Å². The minimum atomic E-state index is -3.56. The van der Waals surface area contributed by atoms with Crippen LogP contribution >= 0.6 is 38.9 Å². The van der Waals surface area contributed by atoms with Crippen molar-refractivity contribution in [3.63, 3.8) is 0 Å². The first kappa shape index (κ1) is 17.0. The number of rotatable bonds is 5. The number of thiophene rings is 1. The van der Waals surface area contributed by atoms with Crippen LogP contribution in [-0.4, -0.2) is 8.42 Å². The lowest BCUT2D eigenvalue weighted by atomic mass is 10.1. The summed E-state index contributed by atoms with van der Waals surface area (Å²) in [7, 11) is -3.56. The van der Waals surface area contributed by atoms with E-state index in [1.807, 2.05) is 19.1 Å². The molecular formula is C14H15BrClNO2S2. The van der Waals surface area contributed by atoms with Crippen molar-refractivity contribution >= 4 is 48.9 Å². The number of nitrogens with one attached hydrogen (secondary N) is 1. The lowest BCUT2D eigenvalue weighted by Crippen LogP contribution is -2.28. The second kappa shape index (κ2) is 6.79. The number of hydrogen-bond acceptors (Lipinski definition) is 3. The SMILES string of the molecule is CCC(NS(=O)(=O)c1cc(Br)sc1C)c1cccc(Cl)c1. The third kappa shape index (κ3) is 4.07. The summed E-state index contributed by atoms with van der Waals surface area (Å²) in [6.07, 6.45) is 0.643. The maximum absolute atomic E-state index is 12.5. The van der Waals surface area contributed by atoms with E-state index in [2.05, 4.69) is 20.7 Å². The molecule has 0 spiro atoms. The second-order valence-electron chi connectivity index (χ2n) is 4.61. The van der Waals surface area contributed by atoms with Crippen molar-refractivity contribution in [3.8, 4) is 0 Å². The fourth-order valence-electron chi connectivity index (χ4n) is 2.06. The molecule has 1 aromatic heterocycles. The van der Waals surface area contributed by atoms with E-state index in [0.29, 0.717) is 16.3 Å². The van der Waals surface area contributed by atoms with Crippen LogP contribution in [0.15, 0.2) is 39.0 Å². The monoisotopic (exact) mass is 407 g/mol. The van der Waals surface area contributed by atoms with Gasteiger partial charge in [0.25, 0.3) is 0 Å². The fourth-order valence-corrected chi connectivity index (χ4v) is 5.98. The standard InChI is InChI=1S/C14H15BrClNO2S2/c1-3-12(10-5-4-6-11(16)7-10)17-21(18,19)13-8-14(15)20-9(13)2/h4-8,12,17H,3H2,1-2H3. The zero-order chi connectivity index (χ0) is 15.6. The fraction of sp³-hybridized carbons (Fsp3) is 0.286. The highest BCUT2D eigenvalue weighted by Gasteiger charge is 2.23. The second-order valence-corrected chi connectivity index (χ2v) is 9.36. The van der Waals surface area contributed by atoms with Crippen molar-refractivity contribution in [1.82, 2.24) is 4.72 Å². The van der Waals surface area contributed by atoms with Gasteiger partial charge in [-0.15, -0.1) is 11.3 Å². The molecule has 1 heterocycles. The summed E-state index contributed by atoms with van der Waals surface area (Å²) in [4.78, 5) is 1.08. The first-order chi connectivity index (χ1) is 9.83. The van der Waals surface area contributed by atoms with Crippen LogP contribution in [0.25, 0.3) is 0 Å². The number of aryl methyl sites for hydroxylation is 1. The Balaban J connectivity index is 2.32. The first-order valence-corrected chi connectivity index (χ1v) is 9.84. The molecule has 0 saturated carbocycles. The van der Waals surface area contributed by atoms with Crippen molar-refractivity contribution in [3.05, 3.63) is 49.6 Å². The molecule has 0 aliphatic heterocycles.